The smallest absolute Gasteiger partial charge is 0.317 e. The molecule has 2 heterocycles. The number of rotatable bonds is 3. The van der Waals surface area contributed by atoms with Gasteiger partial charge in [-0.25, -0.2) is 0 Å². The number of hydrogen-bond acceptors (Lipinski definition) is 4. The van der Waals surface area contributed by atoms with Gasteiger partial charge in [0.1, 0.15) is 0 Å². The standard InChI is InChI=1S/C15H26N2O3/c18-14(19)12-16-6-8-17(9-7-16)13-3-10-20-15(11-13)4-1-2-5-15/h13H,1-12H2,(H,18,19). The van der Waals surface area contributed by atoms with Crippen LogP contribution in [-0.4, -0.2) is 71.8 Å². The van der Waals surface area contributed by atoms with E-state index in [1.54, 1.807) is 0 Å². The first kappa shape index (κ1) is 14.3. The molecule has 3 aliphatic rings. The van der Waals surface area contributed by atoms with Crippen LogP contribution in [-0.2, 0) is 9.53 Å². The van der Waals surface area contributed by atoms with Crippen LogP contribution in [0.1, 0.15) is 38.5 Å². The Labute approximate surface area is 120 Å². The number of carboxylic acid groups (broad SMARTS) is 1. The summed E-state index contributed by atoms with van der Waals surface area (Å²) in [6.07, 6.45) is 7.44. The van der Waals surface area contributed by atoms with Crippen molar-refractivity contribution in [1.29, 1.82) is 0 Å². The summed E-state index contributed by atoms with van der Waals surface area (Å²) in [5.74, 6) is -0.713. The Bertz CT molecular complexity index is 347. The molecule has 3 rings (SSSR count). The van der Waals surface area contributed by atoms with Crippen LogP contribution in [0.3, 0.4) is 0 Å². The minimum absolute atomic E-state index is 0.182. The molecule has 1 unspecified atom stereocenters. The van der Waals surface area contributed by atoms with Gasteiger partial charge < -0.3 is 9.84 Å². The lowest BCUT2D eigenvalue weighted by Gasteiger charge is -2.45. The molecule has 1 atom stereocenters. The van der Waals surface area contributed by atoms with Crippen LogP contribution >= 0.6 is 0 Å². The second-order valence-corrected chi connectivity index (χ2v) is 6.59. The molecule has 1 saturated carbocycles. The van der Waals surface area contributed by atoms with E-state index in [1.807, 2.05) is 4.90 Å². The first-order valence-corrected chi connectivity index (χ1v) is 7.99. The maximum Gasteiger partial charge on any atom is 0.317 e. The molecule has 0 aromatic heterocycles. The van der Waals surface area contributed by atoms with Gasteiger partial charge in [0.05, 0.1) is 12.1 Å². The Balaban J connectivity index is 1.51. The van der Waals surface area contributed by atoms with Gasteiger partial charge in [0.15, 0.2) is 0 Å². The van der Waals surface area contributed by atoms with E-state index in [0.29, 0.717) is 6.04 Å². The molecule has 5 heteroatoms. The zero-order valence-corrected chi connectivity index (χ0v) is 12.2. The van der Waals surface area contributed by atoms with Crippen LogP contribution < -0.4 is 0 Å². The van der Waals surface area contributed by atoms with Crippen LogP contribution in [0, 0.1) is 0 Å². The fraction of sp³-hybridized carbons (Fsp3) is 0.933. The average Bonchev–Trinajstić information content (AvgIpc) is 2.87. The molecular weight excluding hydrogens is 256 g/mol. The van der Waals surface area contributed by atoms with Crippen LogP contribution in [0.5, 0.6) is 0 Å². The van der Waals surface area contributed by atoms with Gasteiger partial charge >= 0.3 is 5.97 Å². The van der Waals surface area contributed by atoms with E-state index in [0.717, 1.165) is 39.2 Å². The molecule has 0 bridgehead atoms. The largest absolute Gasteiger partial charge is 0.480 e. The van der Waals surface area contributed by atoms with Crippen molar-refractivity contribution in [3.8, 4) is 0 Å². The molecule has 114 valence electrons. The number of aliphatic carboxylic acids is 1. The SMILES string of the molecule is O=C(O)CN1CCN(C2CCOC3(CCCC3)C2)CC1. The lowest BCUT2D eigenvalue weighted by atomic mass is 9.88. The van der Waals surface area contributed by atoms with Gasteiger partial charge in [-0.3, -0.25) is 14.6 Å². The molecule has 5 nitrogen and oxygen atoms in total. The zero-order chi connectivity index (χ0) is 14.0. The van der Waals surface area contributed by atoms with Crippen LogP contribution in [0.25, 0.3) is 0 Å². The van der Waals surface area contributed by atoms with Crippen molar-refractivity contribution in [3.05, 3.63) is 0 Å². The van der Waals surface area contributed by atoms with Crippen LogP contribution in [0.15, 0.2) is 0 Å². The monoisotopic (exact) mass is 282 g/mol. The second-order valence-electron chi connectivity index (χ2n) is 6.59. The number of nitrogens with zero attached hydrogens (tertiary/aromatic N) is 2. The highest BCUT2D eigenvalue weighted by atomic mass is 16.5. The molecular formula is C15H26N2O3. The van der Waals surface area contributed by atoms with E-state index >= 15 is 0 Å². The van der Waals surface area contributed by atoms with E-state index in [4.69, 9.17) is 9.84 Å². The van der Waals surface area contributed by atoms with Crippen LogP contribution in [0.4, 0.5) is 0 Å². The van der Waals surface area contributed by atoms with Gasteiger partial charge in [0.2, 0.25) is 0 Å². The first-order valence-electron chi connectivity index (χ1n) is 7.99. The summed E-state index contributed by atoms with van der Waals surface area (Å²) in [6.45, 7) is 4.88. The van der Waals surface area contributed by atoms with E-state index in [-0.39, 0.29) is 12.1 Å². The van der Waals surface area contributed by atoms with Gasteiger partial charge in [-0.1, -0.05) is 12.8 Å². The summed E-state index contributed by atoms with van der Waals surface area (Å²) in [5, 5.41) is 8.85. The molecule has 0 radical (unpaired) electrons. The summed E-state index contributed by atoms with van der Waals surface area (Å²) in [4.78, 5) is 15.4. The molecule has 2 saturated heterocycles. The minimum Gasteiger partial charge on any atom is -0.480 e. The van der Waals surface area contributed by atoms with Crippen molar-refractivity contribution in [2.45, 2.75) is 50.2 Å². The average molecular weight is 282 g/mol. The minimum atomic E-state index is -0.713. The van der Waals surface area contributed by atoms with Crippen molar-refractivity contribution >= 4 is 5.97 Å². The first-order chi connectivity index (χ1) is 9.67. The lowest BCUT2D eigenvalue weighted by Crippen LogP contribution is -2.55. The summed E-state index contributed by atoms with van der Waals surface area (Å²) in [7, 11) is 0. The van der Waals surface area contributed by atoms with Crippen LogP contribution in [0.2, 0.25) is 0 Å². The normalized spacial score (nSPS) is 31.7. The van der Waals surface area contributed by atoms with Gasteiger partial charge in [0.25, 0.3) is 0 Å². The molecule has 1 N–H and O–H groups in total. The summed E-state index contributed by atoms with van der Waals surface area (Å²) in [6, 6.07) is 0.647. The summed E-state index contributed by atoms with van der Waals surface area (Å²) in [5.41, 5.74) is 0.182. The molecule has 1 aliphatic carbocycles. The Morgan fingerprint density at radius 2 is 1.90 bits per heavy atom. The molecule has 3 fully saturated rings. The van der Waals surface area contributed by atoms with E-state index < -0.39 is 5.97 Å². The number of carbonyl (C=O) groups is 1. The third-order valence-corrected chi connectivity index (χ3v) is 5.26. The Kier molecular flexibility index (Phi) is 4.29. The summed E-state index contributed by atoms with van der Waals surface area (Å²) >= 11 is 0. The predicted molar refractivity (Wildman–Crippen MR) is 75.8 cm³/mol. The third-order valence-electron chi connectivity index (χ3n) is 5.26. The zero-order valence-electron chi connectivity index (χ0n) is 12.2. The number of carboxylic acids is 1. The Morgan fingerprint density at radius 3 is 2.55 bits per heavy atom. The molecule has 20 heavy (non-hydrogen) atoms. The Morgan fingerprint density at radius 1 is 1.20 bits per heavy atom. The maximum atomic E-state index is 10.7. The van der Waals surface area contributed by atoms with Crippen molar-refractivity contribution < 1.29 is 14.6 Å². The maximum absolute atomic E-state index is 10.7. The van der Waals surface area contributed by atoms with E-state index in [9.17, 15) is 4.79 Å². The third kappa shape index (κ3) is 3.15. The van der Waals surface area contributed by atoms with Gasteiger partial charge in [-0.15, -0.1) is 0 Å². The quantitative estimate of drug-likeness (QED) is 0.842. The number of ether oxygens (including phenoxy) is 1. The number of piperazine rings is 1. The lowest BCUT2D eigenvalue weighted by molar-refractivity contribution is -0.139. The topological polar surface area (TPSA) is 53.0 Å². The molecule has 2 aliphatic heterocycles. The van der Waals surface area contributed by atoms with Crippen molar-refractivity contribution in [2.75, 3.05) is 39.3 Å². The van der Waals surface area contributed by atoms with Gasteiger partial charge in [-0.2, -0.15) is 0 Å². The molecule has 0 aromatic rings. The fourth-order valence-corrected chi connectivity index (χ4v) is 4.16. The summed E-state index contributed by atoms with van der Waals surface area (Å²) < 4.78 is 6.11. The molecule has 1 spiro atoms. The second kappa shape index (κ2) is 6.00. The van der Waals surface area contributed by atoms with Crippen molar-refractivity contribution in [3.63, 3.8) is 0 Å². The Hall–Kier alpha value is -0.650. The molecule has 0 amide bonds. The van der Waals surface area contributed by atoms with Gasteiger partial charge in [0, 0.05) is 38.8 Å². The highest BCUT2D eigenvalue weighted by molar-refractivity contribution is 5.69. The predicted octanol–water partition coefficient (Wildman–Crippen LogP) is 1.18. The van der Waals surface area contributed by atoms with E-state index in [2.05, 4.69) is 4.90 Å². The highest BCUT2D eigenvalue weighted by Gasteiger charge is 2.41. The highest BCUT2D eigenvalue weighted by Crippen LogP contribution is 2.41. The van der Waals surface area contributed by atoms with E-state index in [1.165, 1.54) is 32.1 Å². The molecule has 0 aromatic carbocycles. The fourth-order valence-electron chi connectivity index (χ4n) is 4.16. The van der Waals surface area contributed by atoms with Crippen molar-refractivity contribution in [1.82, 2.24) is 9.80 Å². The van der Waals surface area contributed by atoms with Gasteiger partial charge in [-0.05, 0) is 25.7 Å². The van der Waals surface area contributed by atoms with Crippen molar-refractivity contribution in [2.24, 2.45) is 0 Å². The number of hydrogen-bond donors (Lipinski definition) is 1.